The Morgan fingerprint density at radius 2 is 1.93 bits per heavy atom. The Hall–Kier alpha value is -2.93. The van der Waals surface area contributed by atoms with Crippen molar-refractivity contribution in [2.24, 2.45) is 0 Å². The molecule has 0 saturated heterocycles. The predicted molar refractivity (Wildman–Crippen MR) is 123 cm³/mol. The molecule has 6 nitrogen and oxygen atoms in total. The maximum Gasteiger partial charge on any atom is 0.237 e. The van der Waals surface area contributed by atoms with E-state index in [2.05, 4.69) is 39.1 Å². The molecule has 0 spiro atoms. The SMILES string of the molecule is CCC(Sc1nnc2c3ccccc3n(CC)c2n1)C(=O)Nc1ccc(C)cc1C. The standard InChI is InChI=1S/C23H25N5OS/c1-5-19(22(29)24-17-12-11-14(3)13-15(17)4)30-23-25-21-20(26-27-23)16-9-7-8-10-18(16)28(21)6-2/h7-13,19H,5-6H2,1-4H3,(H,24,29). The molecule has 0 saturated carbocycles. The first-order valence-corrected chi connectivity index (χ1v) is 11.1. The van der Waals surface area contributed by atoms with Crippen molar-refractivity contribution in [3.63, 3.8) is 0 Å². The van der Waals surface area contributed by atoms with E-state index in [1.165, 1.54) is 17.3 Å². The average Bonchev–Trinajstić information content (AvgIpc) is 3.06. The highest BCUT2D eigenvalue weighted by Crippen LogP contribution is 2.29. The highest BCUT2D eigenvalue weighted by atomic mass is 32.2. The Balaban J connectivity index is 1.61. The smallest absolute Gasteiger partial charge is 0.237 e. The molecule has 4 rings (SSSR count). The van der Waals surface area contributed by atoms with Crippen molar-refractivity contribution in [2.45, 2.75) is 51.1 Å². The monoisotopic (exact) mass is 419 g/mol. The minimum atomic E-state index is -0.301. The van der Waals surface area contributed by atoms with Crippen LogP contribution in [0, 0.1) is 13.8 Å². The number of amides is 1. The summed E-state index contributed by atoms with van der Waals surface area (Å²) in [6.07, 6.45) is 0.666. The van der Waals surface area contributed by atoms with E-state index >= 15 is 0 Å². The Morgan fingerprint density at radius 1 is 1.13 bits per heavy atom. The van der Waals surface area contributed by atoms with Crippen LogP contribution in [0.15, 0.2) is 47.6 Å². The molecule has 1 amide bonds. The van der Waals surface area contributed by atoms with Gasteiger partial charge in [0, 0.05) is 17.6 Å². The lowest BCUT2D eigenvalue weighted by molar-refractivity contribution is -0.115. The van der Waals surface area contributed by atoms with Gasteiger partial charge in [-0.3, -0.25) is 4.79 Å². The Kier molecular flexibility index (Phi) is 5.72. The van der Waals surface area contributed by atoms with E-state index in [9.17, 15) is 4.79 Å². The summed E-state index contributed by atoms with van der Waals surface area (Å²) in [5.74, 6) is -0.0471. The molecule has 2 aromatic carbocycles. The lowest BCUT2D eigenvalue weighted by Crippen LogP contribution is -2.25. The predicted octanol–water partition coefficient (Wildman–Crippen LogP) is 5.13. The summed E-state index contributed by atoms with van der Waals surface area (Å²) in [5.41, 5.74) is 5.76. The Labute approximate surface area is 180 Å². The van der Waals surface area contributed by atoms with Crippen LogP contribution in [0.4, 0.5) is 5.69 Å². The van der Waals surface area contributed by atoms with Gasteiger partial charge < -0.3 is 9.88 Å². The van der Waals surface area contributed by atoms with Crippen LogP contribution < -0.4 is 5.32 Å². The first-order valence-electron chi connectivity index (χ1n) is 10.2. The maximum absolute atomic E-state index is 12.9. The summed E-state index contributed by atoms with van der Waals surface area (Å²) in [4.78, 5) is 17.7. The molecule has 154 valence electrons. The van der Waals surface area contributed by atoms with E-state index in [0.717, 1.165) is 39.9 Å². The van der Waals surface area contributed by atoms with E-state index in [-0.39, 0.29) is 11.2 Å². The van der Waals surface area contributed by atoms with Crippen molar-refractivity contribution in [1.29, 1.82) is 0 Å². The number of benzene rings is 2. The van der Waals surface area contributed by atoms with Crippen molar-refractivity contribution in [2.75, 3.05) is 5.32 Å². The number of hydrogen-bond donors (Lipinski definition) is 1. The van der Waals surface area contributed by atoms with Crippen LogP contribution in [0.2, 0.25) is 0 Å². The van der Waals surface area contributed by atoms with E-state index < -0.39 is 0 Å². The van der Waals surface area contributed by atoms with Crippen molar-refractivity contribution in [3.8, 4) is 0 Å². The number of carbonyl (C=O) groups excluding carboxylic acids is 1. The van der Waals surface area contributed by atoms with Gasteiger partial charge in [0.1, 0.15) is 5.52 Å². The highest BCUT2D eigenvalue weighted by molar-refractivity contribution is 8.00. The van der Waals surface area contributed by atoms with Crippen LogP contribution in [-0.2, 0) is 11.3 Å². The molecular formula is C23H25N5OS. The molecule has 2 heterocycles. The van der Waals surface area contributed by atoms with E-state index in [1.54, 1.807) is 0 Å². The fourth-order valence-electron chi connectivity index (χ4n) is 3.68. The van der Waals surface area contributed by atoms with Crippen molar-refractivity contribution in [1.82, 2.24) is 19.7 Å². The van der Waals surface area contributed by atoms with Gasteiger partial charge in [0.2, 0.25) is 11.1 Å². The summed E-state index contributed by atoms with van der Waals surface area (Å²) in [6.45, 7) is 8.92. The van der Waals surface area contributed by atoms with Crippen molar-refractivity contribution < 1.29 is 4.79 Å². The van der Waals surface area contributed by atoms with Gasteiger partial charge in [0.15, 0.2) is 5.65 Å². The molecule has 1 N–H and O–H groups in total. The van der Waals surface area contributed by atoms with Crippen LogP contribution in [0.1, 0.15) is 31.4 Å². The molecule has 1 unspecified atom stereocenters. The second kappa shape index (κ2) is 8.44. The topological polar surface area (TPSA) is 72.7 Å². The van der Waals surface area contributed by atoms with E-state index in [4.69, 9.17) is 4.98 Å². The van der Waals surface area contributed by atoms with Gasteiger partial charge in [-0.2, -0.15) is 0 Å². The number of nitrogens with one attached hydrogen (secondary N) is 1. The second-order valence-corrected chi connectivity index (χ2v) is 8.52. The van der Waals surface area contributed by atoms with Crippen LogP contribution in [0.3, 0.4) is 0 Å². The number of carbonyl (C=O) groups is 1. The van der Waals surface area contributed by atoms with Gasteiger partial charge in [-0.05, 0) is 44.9 Å². The fraction of sp³-hybridized carbons (Fsp3) is 0.304. The van der Waals surface area contributed by atoms with E-state index in [1.807, 2.05) is 51.1 Å². The van der Waals surface area contributed by atoms with Crippen LogP contribution in [0.25, 0.3) is 22.1 Å². The summed E-state index contributed by atoms with van der Waals surface area (Å²) < 4.78 is 2.14. The van der Waals surface area contributed by atoms with Crippen LogP contribution in [0.5, 0.6) is 0 Å². The van der Waals surface area contributed by atoms with Gasteiger partial charge in [-0.25, -0.2) is 4.98 Å². The molecule has 0 aliphatic carbocycles. The van der Waals surface area contributed by atoms with Gasteiger partial charge >= 0.3 is 0 Å². The highest BCUT2D eigenvalue weighted by Gasteiger charge is 2.22. The second-order valence-electron chi connectivity index (χ2n) is 7.35. The molecule has 0 aliphatic rings. The number of para-hydroxylation sites is 1. The Morgan fingerprint density at radius 3 is 2.67 bits per heavy atom. The van der Waals surface area contributed by atoms with Gasteiger partial charge in [0.05, 0.1) is 10.8 Å². The number of rotatable bonds is 6. The molecule has 1 atom stereocenters. The fourth-order valence-corrected chi connectivity index (χ4v) is 4.49. The molecular weight excluding hydrogens is 394 g/mol. The normalized spacial score (nSPS) is 12.4. The number of hydrogen-bond acceptors (Lipinski definition) is 5. The van der Waals surface area contributed by atoms with E-state index in [0.29, 0.717) is 11.6 Å². The molecule has 0 radical (unpaired) electrons. The number of fused-ring (bicyclic) bond motifs is 3. The molecule has 0 bridgehead atoms. The number of aromatic nitrogens is 4. The number of anilines is 1. The summed E-state index contributed by atoms with van der Waals surface area (Å²) >= 11 is 1.36. The largest absolute Gasteiger partial charge is 0.325 e. The summed E-state index contributed by atoms with van der Waals surface area (Å²) in [5, 5.41) is 13.1. The molecule has 30 heavy (non-hydrogen) atoms. The van der Waals surface area contributed by atoms with Crippen LogP contribution >= 0.6 is 11.8 Å². The zero-order valence-corrected chi connectivity index (χ0v) is 18.5. The lowest BCUT2D eigenvalue weighted by atomic mass is 10.1. The first-order chi connectivity index (χ1) is 14.5. The van der Waals surface area contributed by atoms with Gasteiger partial charge in [-0.1, -0.05) is 54.6 Å². The van der Waals surface area contributed by atoms with Gasteiger partial charge in [0.25, 0.3) is 0 Å². The molecule has 0 aliphatic heterocycles. The zero-order chi connectivity index (χ0) is 21.3. The molecule has 0 fully saturated rings. The zero-order valence-electron chi connectivity index (χ0n) is 17.6. The van der Waals surface area contributed by atoms with Crippen molar-refractivity contribution >= 4 is 45.4 Å². The number of aryl methyl sites for hydroxylation is 3. The molecule has 4 aromatic rings. The lowest BCUT2D eigenvalue weighted by Gasteiger charge is -2.15. The third kappa shape index (κ3) is 3.77. The first kappa shape index (κ1) is 20.3. The van der Waals surface area contributed by atoms with Crippen molar-refractivity contribution in [3.05, 3.63) is 53.6 Å². The molecule has 2 aromatic heterocycles. The van der Waals surface area contributed by atoms with Crippen LogP contribution in [-0.4, -0.2) is 30.9 Å². The third-order valence-electron chi connectivity index (χ3n) is 5.22. The minimum Gasteiger partial charge on any atom is -0.325 e. The minimum absolute atomic E-state index is 0.0471. The average molecular weight is 420 g/mol. The maximum atomic E-state index is 12.9. The number of thioether (sulfide) groups is 1. The Bertz CT molecular complexity index is 1230. The quantitative estimate of drug-likeness (QED) is 0.439. The van der Waals surface area contributed by atoms with Gasteiger partial charge in [-0.15, -0.1) is 10.2 Å². The summed E-state index contributed by atoms with van der Waals surface area (Å²) in [6, 6.07) is 14.1. The molecule has 7 heteroatoms. The third-order valence-corrected chi connectivity index (χ3v) is 6.44. The number of nitrogens with zero attached hydrogens (tertiary/aromatic N) is 4. The summed E-state index contributed by atoms with van der Waals surface area (Å²) in [7, 11) is 0.